The maximum absolute atomic E-state index is 13.3. The van der Waals surface area contributed by atoms with Crippen molar-refractivity contribution in [2.24, 2.45) is 0 Å². The van der Waals surface area contributed by atoms with Crippen LogP contribution in [0.1, 0.15) is 28.8 Å². The summed E-state index contributed by atoms with van der Waals surface area (Å²) in [7, 11) is 0. The Balaban J connectivity index is 1.89. The Morgan fingerprint density at radius 1 is 1.24 bits per heavy atom. The lowest BCUT2D eigenvalue weighted by Crippen LogP contribution is -2.24. The van der Waals surface area contributed by atoms with Gasteiger partial charge in [0.25, 0.3) is 5.56 Å². The minimum Gasteiger partial charge on any atom is -0.283 e. The molecule has 3 aromatic rings. The van der Waals surface area contributed by atoms with E-state index in [1.54, 1.807) is 23.1 Å². The van der Waals surface area contributed by atoms with Gasteiger partial charge in [-0.2, -0.15) is 0 Å². The van der Waals surface area contributed by atoms with Crippen molar-refractivity contribution in [3.63, 3.8) is 0 Å². The molecule has 5 heteroatoms. The molecule has 3 nitrogen and oxygen atoms in total. The lowest BCUT2D eigenvalue weighted by atomic mass is 9.97. The van der Waals surface area contributed by atoms with E-state index in [9.17, 15) is 4.79 Å². The highest BCUT2D eigenvalue weighted by molar-refractivity contribution is 7.99. The highest BCUT2D eigenvalue weighted by Crippen LogP contribution is 2.34. The van der Waals surface area contributed by atoms with Crippen LogP contribution in [-0.4, -0.2) is 15.3 Å². The minimum atomic E-state index is 0.111. The standard InChI is InChI=1S/C20H20N2OS2/c1-2-12-24-20-21-18-17(15-10-6-7-11-16(15)25-18)19(23)22(20)13-14-8-4-3-5-9-14/h2-5,8-9H,1,6-7,10-13H2. The van der Waals surface area contributed by atoms with Crippen LogP contribution in [-0.2, 0) is 19.4 Å². The van der Waals surface area contributed by atoms with E-state index >= 15 is 0 Å². The van der Waals surface area contributed by atoms with E-state index in [1.807, 2.05) is 28.8 Å². The smallest absolute Gasteiger partial charge is 0.263 e. The highest BCUT2D eigenvalue weighted by Gasteiger charge is 2.22. The van der Waals surface area contributed by atoms with Crippen LogP contribution in [0.15, 0.2) is 52.9 Å². The molecule has 0 saturated carbocycles. The fourth-order valence-electron chi connectivity index (χ4n) is 3.37. The van der Waals surface area contributed by atoms with Crippen molar-refractivity contribution in [2.45, 2.75) is 37.4 Å². The quantitative estimate of drug-likeness (QED) is 0.373. The van der Waals surface area contributed by atoms with E-state index in [0.717, 1.165) is 39.5 Å². The fraction of sp³-hybridized carbons (Fsp3) is 0.300. The average molecular weight is 369 g/mol. The number of nitrogens with zero attached hydrogens (tertiary/aromatic N) is 2. The summed E-state index contributed by atoms with van der Waals surface area (Å²) in [6, 6.07) is 10.1. The van der Waals surface area contributed by atoms with Gasteiger partial charge in [0.2, 0.25) is 0 Å². The van der Waals surface area contributed by atoms with Crippen molar-refractivity contribution in [3.8, 4) is 0 Å². The van der Waals surface area contributed by atoms with Gasteiger partial charge in [0.15, 0.2) is 5.16 Å². The van der Waals surface area contributed by atoms with Crippen molar-refractivity contribution < 1.29 is 0 Å². The lowest BCUT2D eigenvalue weighted by molar-refractivity contribution is 0.656. The third-order valence-corrected chi connectivity index (χ3v) is 6.71. The van der Waals surface area contributed by atoms with Gasteiger partial charge in [-0.1, -0.05) is 48.2 Å². The van der Waals surface area contributed by atoms with Crippen LogP contribution in [0.4, 0.5) is 0 Å². The van der Waals surface area contributed by atoms with Crippen molar-refractivity contribution in [3.05, 3.63) is 69.3 Å². The van der Waals surface area contributed by atoms with E-state index in [1.165, 1.54) is 23.3 Å². The Morgan fingerprint density at radius 2 is 2.04 bits per heavy atom. The van der Waals surface area contributed by atoms with Crippen molar-refractivity contribution in [1.29, 1.82) is 0 Å². The minimum absolute atomic E-state index is 0.111. The lowest BCUT2D eigenvalue weighted by Gasteiger charge is -2.13. The molecule has 1 aliphatic rings. The molecule has 0 atom stereocenters. The highest BCUT2D eigenvalue weighted by atomic mass is 32.2. The Labute approximate surface area is 155 Å². The molecule has 1 aromatic carbocycles. The predicted molar refractivity (Wildman–Crippen MR) is 107 cm³/mol. The molecule has 0 fully saturated rings. The summed E-state index contributed by atoms with van der Waals surface area (Å²) in [5.74, 6) is 0.748. The predicted octanol–water partition coefficient (Wildman–Crippen LogP) is 4.66. The summed E-state index contributed by atoms with van der Waals surface area (Å²) < 4.78 is 1.84. The first-order valence-corrected chi connectivity index (χ1v) is 10.4. The van der Waals surface area contributed by atoms with Crippen LogP contribution in [0, 0.1) is 0 Å². The van der Waals surface area contributed by atoms with Crippen LogP contribution in [0.25, 0.3) is 10.2 Å². The molecule has 0 saturated heterocycles. The van der Waals surface area contributed by atoms with Gasteiger partial charge < -0.3 is 0 Å². The number of rotatable bonds is 5. The number of hydrogen-bond donors (Lipinski definition) is 0. The van der Waals surface area contributed by atoms with Gasteiger partial charge in [-0.15, -0.1) is 17.9 Å². The molecular weight excluding hydrogens is 348 g/mol. The van der Waals surface area contributed by atoms with E-state index in [2.05, 4.69) is 18.7 Å². The van der Waals surface area contributed by atoms with Gasteiger partial charge in [0.05, 0.1) is 11.9 Å². The number of aryl methyl sites for hydroxylation is 2. The van der Waals surface area contributed by atoms with E-state index < -0.39 is 0 Å². The summed E-state index contributed by atoms with van der Waals surface area (Å²) in [5.41, 5.74) is 2.49. The number of hydrogen-bond acceptors (Lipinski definition) is 4. The maximum atomic E-state index is 13.3. The summed E-state index contributed by atoms with van der Waals surface area (Å²) in [5, 5.41) is 1.65. The van der Waals surface area contributed by atoms with Gasteiger partial charge >= 0.3 is 0 Å². The average Bonchev–Trinajstić information content (AvgIpc) is 3.02. The Bertz CT molecular complexity index is 973. The Kier molecular flexibility index (Phi) is 4.77. The number of aromatic nitrogens is 2. The first-order chi connectivity index (χ1) is 12.3. The molecule has 2 heterocycles. The molecule has 4 rings (SSSR count). The second kappa shape index (κ2) is 7.18. The third kappa shape index (κ3) is 3.18. The van der Waals surface area contributed by atoms with Gasteiger partial charge in [-0.25, -0.2) is 4.98 Å². The number of thioether (sulfide) groups is 1. The van der Waals surface area contributed by atoms with Gasteiger partial charge in [0, 0.05) is 10.6 Å². The molecule has 0 amide bonds. The molecule has 1 aliphatic carbocycles. The molecular formula is C20H20N2OS2. The number of fused-ring (bicyclic) bond motifs is 3. The van der Waals surface area contributed by atoms with E-state index in [4.69, 9.17) is 4.98 Å². The van der Waals surface area contributed by atoms with Crippen molar-refractivity contribution in [1.82, 2.24) is 9.55 Å². The summed E-state index contributed by atoms with van der Waals surface area (Å²) >= 11 is 3.29. The first kappa shape index (κ1) is 16.6. The molecule has 0 bridgehead atoms. The second-order valence-corrected chi connectivity index (χ2v) is 8.33. The van der Waals surface area contributed by atoms with Gasteiger partial charge in [-0.3, -0.25) is 9.36 Å². The van der Waals surface area contributed by atoms with Crippen LogP contribution in [0.5, 0.6) is 0 Å². The van der Waals surface area contributed by atoms with Crippen LogP contribution in [0.3, 0.4) is 0 Å². The zero-order valence-corrected chi connectivity index (χ0v) is 15.7. The van der Waals surface area contributed by atoms with Gasteiger partial charge in [0.1, 0.15) is 4.83 Å². The van der Waals surface area contributed by atoms with Crippen molar-refractivity contribution in [2.75, 3.05) is 5.75 Å². The SMILES string of the molecule is C=CCSc1nc2sc3c(c2c(=O)n1Cc1ccccc1)CCCC3. The molecule has 0 spiro atoms. The molecule has 25 heavy (non-hydrogen) atoms. The normalized spacial score (nSPS) is 13.8. The molecule has 128 valence electrons. The molecule has 0 aliphatic heterocycles. The maximum Gasteiger partial charge on any atom is 0.263 e. The first-order valence-electron chi connectivity index (χ1n) is 8.60. The zero-order valence-electron chi connectivity index (χ0n) is 14.0. The fourth-order valence-corrected chi connectivity index (χ4v) is 5.40. The Hall–Kier alpha value is -1.85. The van der Waals surface area contributed by atoms with E-state index in [-0.39, 0.29) is 5.56 Å². The summed E-state index contributed by atoms with van der Waals surface area (Å²) in [4.78, 5) is 20.5. The molecule has 0 unspecified atom stereocenters. The van der Waals surface area contributed by atoms with Crippen molar-refractivity contribution >= 4 is 33.3 Å². The Morgan fingerprint density at radius 3 is 2.84 bits per heavy atom. The molecule has 2 aromatic heterocycles. The largest absolute Gasteiger partial charge is 0.283 e. The van der Waals surface area contributed by atoms with Crippen LogP contribution >= 0.6 is 23.1 Å². The summed E-state index contributed by atoms with van der Waals surface area (Å²) in [6.07, 6.45) is 6.34. The van der Waals surface area contributed by atoms with E-state index in [0.29, 0.717) is 6.54 Å². The second-order valence-electron chi connectivity index (χ2n) is 6.26. The molecule has 0 radical (unpaired) electrons. The monoisotopic (exact) mass is 368 g/mol. The zero-order chi connectivity index (χ0) is 17.2. The van der Waals surface area contributed by atoms with Crippen LogP contribution in [0.2, 0.25) is 0 Å². The summed E-state index contributed by atoms with van der Waals surface area (Å²) in [6.45, 7) is 4.36. The third-order valence-electron chi connectivity index (χ3n) is 4.55. The number of benzene rings is 1. The van der Waals surface area contributed by atoms with Gasteiger partial charge in [-0.05, 0) is 36.8 Å². The topological polar surface area (TPSA) is 34.9 Å². The molecule has 0 N–H and O–H groups in total. The number of thiophene rings is 1. The van der Waals surface area contributed by atoms with Crippen LogP contribution < -0.4 is 5.56 Å².